The third-order valence-electron chi connectivity index (χ3n) is 4.46. The number of para-hydroxylation sites is 1. The van der Waals surface area contributed by atoms with Gasteiger partial charge in [-0.1, -0.05) is 18.2 Å². The lowest BCUT2D eigenvalue weighted by atomic mass is 10.1. The number of fused-ring (bicyclic) bond motifs is 1. The van der Waals surface area contributed by atoms with E-state index in [1.165, 1.54) is 0 Å². The Bertz CT molecular complexity index is 851. The molecule has 2 aromatic rings. The first-order valence-corrected chi connectivity index (χ1v) is 9.17. The summed E-state index contributed by atoms with van der Waals surface area (Å²) in [6.45, 7) is 3.60. The molecule has 0 bridgehead atoms. The van der Waals surface area contributed by atoms with Crippen molar-refractivity contribution in [1.29, 1.82) is 0 Å². The highest BCUT2D eigenvalue weighted by Crippen LogP contribution is 2.32. The van der Waals surface area contributed by atoms with Crippen molar-refractivity contribution in [2.45, 2.75) is 32.4 Å². The molecule has 0 fully saturated rings. The van der Waals surface area contributed by atoms with Gasteiger partial charge in [0.05, 0.1) is 17.1 Å². The number of rotatable bonds is 4. The lowest BCUT2D eigenvalue weighted by molar-refractivity contribution is -0.126. The van der Waals surface area contributed by atoms with Gasteiger partial charge in [0.1, 0.15) is 5.75 Å². The number of hydrogen-bond acceptors (Lipinski definition) is 4. The van der Waals surface area contributed by atoms with Gasteiger partial charge in [-0.05, 0) is 66.0 Å². The molecule has 0 spiro atoms. The van der Waals surface area contributed by atoms with E-state index in [0.717, 1.165) is 17.7 Å². The quantitative estimate of drug-likeness (QED) is 0.705. The minimum atomic E-state index is -0.878. The summed E-state index contributed by atoms with van der Waals surface area (Å²) in [7, 11) is 1.55. The van der Waals surface area contributed by atoms with E-state index in [0.29, 0.717) is 15.8 Å². The predicted molar refractivity (Wildman–Crippen MR) is 103 cm³/mol. The van der Waals surface area contributed by atoms with Crippen molar-refractivity contribution in [3.63, 3.8) is 0 Å². The minimum absolute atomic E-state index is 0.0381. The molecule has 1 amide bonds. The number of ether oxygens (including phenoxy) is 2. The number of nitrogens with zero attached hydrogens (tertiary/aromatic N) is 1. The van der Waals surface area contributed by atoms with Gasteiger partial charge in [-0.15, -0.1) is 0 Å². The summed E-state index contributed by atoms with van der Waals surface area (Å²) < 4.78 is 11.2. The maximum Gasteiger partial charge on any atom is 0.338 e. The van der Waals surface area contributed by atoms with Crippen LogP contribution in [0.4, 0.5) is 5.69 Å². The van der Waals surface area contributed by atoms with Crippen LogP contribution < -0.4 is 9.64 Å². The number of methoxy groups -OCH3 is 1. The van der Waals surface area contributed by atoms with Gasteiger partial charge < -0.3 is 14.4 Å². The Morgan fingerprint density at radius 3 is 2.65 bits per heavy atom. The number of anilines is 1. The zero-order valence-corrected chi connectivity index (χ0v) is 16.4. The van der Waals surface area contributed by atoms with Crippen LogP contribution in [0.1, 0.15) is 29.8 Å². The molecule has 0 aliphatic carbocycles. The molecule has 1 heterocycles. The Hall–Kier alpha value is -2.34. The Labute approximate surface area is 161 Å². The zero-order chi connectivity index (χ0) is 18.8. The first-order valence-electron chi connectivity index (χ1n) is 8.38. The van der Waals surface area contributed by atoms with Gasteiger partial charge in [0.2, 0.25) is 0 Å². The smallest absolute Gasteiger partial charge is 0.338 e. The van der Waals surface area contributed by atoms with Crippen LogP contribution in [0.15, 0.2) is 46.9 Å². The van der Waals surface area contributed by atoms with Crippen molar-refractivity contribution in [3.05, 3.63) is 58.1 Å². The molecule has 3 rings (SSSR count). The molecule has 6 heteroatoms. The average Bonchev–Trinajstić information content (AvgIpc) is 2.96. The highest BCUT2D eigenvalue weighted by Gasteiger charge is 2.34. The van der Waals surface area contributed by atoms with E-state index in [-0.39, 0.29) is 11.9 Å². The maximum absolute atomic E-state index is 12.9. The summed E-state index contributed by atoms with van der Waals surface area (Å²) in [4.78, 5) is 27.0. The average molecular weight is 418 g/mol. The van der Waals surface area contributed by atoms with Gasteiger partial charge >= 0.3 is 5.97 Å². The first kappa shape index (κ1) is 18.5. The van der Waals surface area contributed by atoms with Gasteiger partial charge in [0.25, 0.3) is 5.91 Å². The molecule has 136 valence electrons. The molecule has 0 radical (unpaired) electrons. The molecular weight excluding hydrogens is 398 g/mol. The number of esters is 1. The fourth-order valence-electron chi connectivity index (χ4n) is 3.17. The van der Waals surface area contributed by atoms with E-state index >= 15 is 0 Å². The molecule has 0 aromatic heterocycles. The number of amides is 1. The van der Waals surface area contributed by atoms with Crippen molar-refractivity contribution in [2.75, 3.05) is 12.0 Å². The van der Waals surface area contributed by atoms with E-state index < -0.39 is 12.1 Å². The van der Waals surface area contributed by atoms with Gasteiger partial charge in [-0.25, -0.2) is 4.79 Å². The highest BCUT2D eigenvalue weighted by atomic mass is 79.9. The van der Waals surface area contributed by atoms with E-state index in [1.54, 1.807) is 37.1 Å². The largest absolute Gasteiger partial charge is 0.496 e. The van der Waals surface area contributed by atoms with Crippen molar-refractivity contribution < 1.29 is 19.1 Å². The zero-order valence-electron chi connectivity index (χ0n) is 14.9. The summed E-state index contributed by atoms with van der Waals surface area (Å²) in [5, 5.41) is 0. The summed E-state index contributed by atoms with van der Waals surface area (Å²) >= 11 is 3.34. The van der Waals surface area contributed by atoms with Crippen LogP contribution in [-0.4, -0.2) is 31.1 Å². The summed E-state index contributed by atoms with van der Waals surface area (Å²) in [6, 6.07) is 12.7. The molecule has 5 nitrogen and oxygen atoms in total. The number of hydrogen-bond donors (Lipinski definition) is 0. The summed E-state index contributed by atoms with van der Waals surface area (Å²) in [5.41, 5.74) is 2.37. The second-order valence-electron chi connectivity index (χ2n) is 6.29. The lowest BCUT2D eigenvalue weighted by Gasteiger charge is -2.26. The number of carbonyl (C=O) groups is 2. The van der Waals surface area contributed by atoms with Gasteiger partial charge in [-0.2, -0.15) is 0 Å². The molecule has 0 N–H and O–H groups in total. The summed E-state index contributed by atoms with van der Waals surface area (Å²) in [6.07, 6.45) is -0.0782. The minimum Gasteiger partial charge on any atom is -0.496 e. The molecule has 0 saturated heterocycles. The van der Waals surface area contributed by atoms with Crippen molar-refractivity contribution in [2.24, 2.45) is 0 Å². The van der Waals surface area contributed by atoms with Crippen LogP contribution in [0.3, 0.4) is 0 Å². The molecule has 0 saturated carbocycles. The van der Waals surface area contributed by atoms with Crippen LogP contribution in [0.5, 0.6) is 5.75 Å². The third kappa shape index (κ3) is 3.46. The molecule has 26 heavy (non-hydrogen) atoms. The van der Waals surface area contributed by atoms with E-state index in [1.807, 2.05) is 31.2 Å². The van der Waals surface area contributed by atoms with Crippen LogP contribution in [-0.2, 0) is 16.0 Å². The normalized spacial score (nSPS) is 16.8. The van der Waals surface area contributed by atoms with Crippen molar-refractivity contribution in [1.82, 2.24) is 0 Å². The standard InChI is InChI=1S/C20H20BrNO4/c1-12-10-14-6-4-5-7-17(14)22(12)19(23)13(2)26-20(24)15-8-9-18(25-3)16(21)11-15/h4-9,11-13H,10H2,1-3H3/t12-,13+/m0/s1. The Morgan fingerprint density at radius 2 is 1.96 bits per heavy atom. The number of benzene rings is 2. The third-order valence-corrected chi connectivity index (χ3v) is 5.08. The van der Waals surface area contributed by atoms with Crippen molar-refractivity contribution >= 4 is 33.5 Å². The topological polar surface area (TPSA) is 55.8 Å². The Balaban J connectivity index is 1.73. The predicted octanol–water partition coefficient (Wildman–Crippen LogP) is 3.98. The fraction of sp³-hybridized carbons (Fsp3) is 0.300. The second kappa shape index (κ2) is 7.50. The van der Waals surface area contributed by atoms with Gasteiger partial charge in [0, 0.05) is 11.7 Å². The van der Waals surface area contributed by atoms with Crippen molar-refractivity contribution in [3.8, 4) is 5.75 Å². The van der Waals surface area contributed by atoms with E-state index in [4.69, 9.17) is 9.47 Å². The number of halogens is 1. The van der Waals surface area contributed by atoms with Gasteiger partial charge in [0.15, 0.2) is 6.10 Å². The number of carbonyl (C=O) groups excluding carboxylic acids is 2. The highest BCUT2D eigenvalue weighted by molar-refractivity contribution is 9.10. The maximum atomic E-state index is 12.9. The van der Waals surface area contributed by atoms with Crippen LogP contribution in [0, 0.1) is 0 Å². The fourth-order valence-corrected chi connectivity index (χ4v) is 3.71. The van der Waals surface area contributed by atoms with Crippen LogP contribution in [0.25, 0.3) is 0 Å². The molecular formula is C20H20BrNO4. The monoisotopic (exact) mass is 417 g/mol. The van der Waals surface area contributed by atoms with Gasteiger partial charge in [-0.3, -0.25) is 4.79 Å². The van der Waals surface area contributed by atoms with E-state index in [9.17, 15) is 9.59 Å². The Morgan fingerprint density at radius 1 is 1.23 bits per heavy atom. The molecule has 1 aliphatic heterocycles. The van der Waals surface area contributed by atoms with E-state index in [2.05, 4.69) is 15.9 Å². The van der Waals surface area contributed by atoms with Crippen LogP contribution in [0.2, 0.25) is 0 Å². The molecule has 2 aromatic carbocycles. The first-order chi connectivity index (χ1) is 12.4. The molecule has 1 aliphatic rings. The molecule has 0 unspecified atom stereocenters. The van der Waals surface area contributed by atoms with Crippen LogP contribution >= 0.6 is 15.9 Å². The SMILES string of the molecule is COc1ccc(C(=O)O[C@H](C)C(=O)N2c3ccccc3C[C@@H]2C)cc1Br. The lowest BCUT2D eigenvalue weighted by Crippen LogP contribution is -2.43. The second-order valence-corrected chi connectivity index (χ2v) is 7.14. The Kier molecular flexibility index (Phi) is 5.32. The molecule has 2 atom stereocenters. The summed E-state index contributed by atoms with van der Waals surface area (Å²) in [5.74, 6) is -0.147.